The van der Waals surface area contributed by atoms with Crippen molar-refractivity contribution in [1.82, 2.24) is 10.4 Å². The molecule has 0 fully saturated rings. The molecular weight excluding hydrogens is 396 g/mol. The van der Waals surface area contributed by atoms with Crippen molar-refractivity contribution in [3.05, 3.63) is 83.7 Å². The van der Waals surface area contributed by atoms with Crippen LogP contribution < -0.4 is 20.2 Å². The highest BCUT2D eigenvalue weighted by Crippen LogP contribution is 2.27. The number of pyridine rings is 1. The van der Waals surface area contributed by atoms with Gasteiger partial charge in [-0.15, -0.1) is 0 Å². The molecule has 8 nitrogen and oxygen atoms in total. The number of hydrazone groups is 1. The topological polar surface area (TPSA) is 102 Å². The van der Waals surface area contributed by atoms with Crippen LogP contribution in [0.25, 0.3) is 0 Å². The van der Waals surface area contributed by atoms with Crippen LogP contribution in [0.2, 0.25) is 0 Å². The van der Waals surface area contributed by atoms with Gasteiger partial charge in [-0.2, -0.15) is 5.10 Å². The molecule has 0 saturated carbocycles. The summed E-state index contributed by atoms with van der Waals surface area (Å²) in [6.07, 6.45) is 3.12. The molecule has 0 unspecified atom stereocenters. The number of rotatable bonds is 7. The molecule has 0 aliphatic carbocycles. The fraction of sp³-hybridized carbons (Fsp3) is 0.130. The molecule has 3 aromatic rings. The number of hydrogen-bond acceptors (Lipinski definition) is 6. The minimum atomic E-state index is -0.387. The van der Waals surface area contributed by atoms with E-state index in [4.69, 9.17) is 9.47 Å². The average molecular weight is 418 g/mol. The summed E-state index contributed by atoms with van der Waals surface area (Å²) in [5.41, 5.74) is 5.36. The lowest BCUT2D eigenvalue weighted by atomic mass is 10.1. The summed E-state index contributed by atoms with van der Waals surface area (Å²) in [4.78, 5) is 28.7. The Kier molecular flexibility index (Phi) is 6.95. The third-order valence-electron chi connectivity index (χ3n) is 4.45. The van der Waals surface area contributed by atoms with E-state index in [9.17, 15) is 9.59 Å². The van der Waals surface area contributed by atoms with Gasteiger partial charge < -0.3 is 14.8 Å². The summed E-state index contributed by atoms with van der Waals surface area (Å²) < 4.78 is 10.4. The van der Waals surface area contributed by atoms with Gasteiger partial charge in [-0.25, -0.2) is 5.43 Å². The van der Waals surface area contributed by atoms with Crippen molar-refractivity contribution in [1.29, 1.82) is 0 Å². The normalized spacial score (nSPS) is 10.9. The first kappa shape index (κ1) is 21.5. The highest BCUT2D eigenvalue weighted by molar-refractivity contribution is 6.06. The van der Waals surface area contributed by atoms with Gasteiger partial charge in [-0.3, -0.25) is 14.6 Å². The van der Waals surface area contributed by atoms with E-state index >= 15 is 0 Å². The number of carbonyl (C=O) groups excluding carboxylic acids is 2. The summed E-state index contributed by atoms with van der Waals surface area (Å²) in [5.74, 6) is 0.358. The number of benzene rings is 2. The van der Waals surface area contributed by atoms with E-state index in [1.54, 1.807) is 67.8 Å². The van der Waals surface area contributed by atoms with Crippen molar-refractivity contribution in [3.63, 3.8) is 0 Å². The molecule has 1 aromatic heterocycles. The number of aromatic nitrogens is 1. The number of methoxy groups -OCH3 is 2. The van der Waals surface area contributed by atoms with Gasteiger partial charge in [0.25, 0.3) is 11.8 Å². The molecule has 0 aliphatic heterocycles. The fourth-order valence-electron chi connectivity index (χ4n) is 2.77. The number of nitrogens with zero attached hydrogens (tertiary/aromatic N) is 2. The van der Waals surface area contributed by atoms with Gasteiger partial charge in [0.1, 0.15) is 0 Å². The van der Waals surface area contributed by atoms with Crippen molar-refractivity contribution in [2.75, 3.05) is 19.5 Å². The van der Waals surface area contributed by atoms with Crippen LogP contribution in [0.15, 0.2) is 72.1 Å². The molecular formula is C23H22N4O4. The molecule has 0 aliphatic rings. The molecule has 0 bridgehead atoms. The van der Waals surface area contributed by atoms with Crippen LogP contribution in [0.1, 0.15) is 33.2 Å². The third kappa shape index (κ3) is 5.45. The van der Waals surface area contributed by atoms with Gasteiger partial charge in [0.05, 0.1) is 19.9 Å². The predicted molar refractivity (Wildman–Crippen MR) is 118 cm³/mol. The summed E-state index contributed by atoms with van der Waals surface area (Å²) in [6, 6.07) is 15.3. The first-order valence-electron chi connectivity index (χ1n) is 9.40. The zero-order valence-electron chi connectivity index (χ0n) is 17.4. The largest absolute Gasteiger partial charge is 0.493 e. The number of hydrogen-bond donors (Lipinski definition) is 2. The Balaban J connectivity index is 1.70. The van der Waals surface area contributed by atoms with E-state index in [0.29, 0.717) is 34.0 Å². The van der Waals surface area contributed by atoms with Crippen LogP contribution in [0.5, 0.6) is 11.5 Å². The molecule has 2 aromatic carbocycles. The molecule has 158 valence electrons. The van der Waals surface area contributed by atoms with Crippen LogP contribution in [0, 0.1) is 0 Å². The van der Waals surface area contributed by atoms with E-state index < -0.39 is 0 Å². The quantitative estimate of drug-likeness (QED) is 0.452. The molecule has 2 amide bonds. The summed E-state index contributed by atoms with van der Waals surface area (Å²) in [6.45, 7) is 1.76. The molecule has 2 N–H and O–H groups in total. The van der Waals surface area contributed by atoms with Crippen LogP contribution in [0.4, 0.5) is 5.69 Å². The molecule has 0 saturated heterocycles. The van der Waals surface area contributed by atoms with E-state index in [1.165, 1.54) is 14.2 Å². The highest BCUT2D eigenvalue weighted by Gasteiger charge is 2.11. The summed E-state index contributed by atoms with van der Waals surface area (Å²) in [5, 5.41) is 7.00. The van der Waals surface area contributed by atoms with Crippen LogP contribution >= 0.6 is 0 Å². The standard InChI is InChI=1S/C23H22N4O4/c1-15(26-27-23(29)18-7-8-20(30-2)21(14-18)31-3)17-5-4-6-19(13-17)25-22(28)16-9-11-24-12-10-16/h4-14H,1-3H3,(H,25,28)(H,27,29)/b26-15+. The monoisotopic (exact) mass is 418 g/mol. The van der Waals surface area contributed by atoms with E-state index in [1.807, 2.05) is 6.07 Å². The lowest BCUT2D eigenvalue weighted by Gasteiger charge is -2.09. The second-order valence-electron chi connectivity index (χ2n) is 6.48. The highest BCUT2D eigenvalue weighted by atomic mass is 16.5. The second kappa shape index (κ2) is 10.0. The summed E-state index contributed by atoms with van der Waals surface area (Å²) in [7, 11) is 3.03. The minimum absolute atomic E-state index is 0.240. The van der Waals surface area contributed by atoms with Crippen LogP contribution in [-0.2, 0) is 0 Å². The van der Waals surface area contributed by atoms with Gasteiger partial charge in [-0.05, 0) is 55.0 Å². The van der Waals surface area contributed by atoms with Crippen molar-refractivity contribution < 1.29 is 19.1 Å². The van der Waals surface area contributed by atoms with Gasteiger partial charge in [-0.1, -0.05) is 12.1 Å². The predicted octanol–water partition coefficient (Wildman–Crippen LogP) is 3.51. The Morgan fingerprint density at radius 3 is 2.29 bits per heavy atom. The Hall–Kier alpha value is -4.20. The average Bonchev–Trinajstić information content (AvgIpc) is 2.82. The molecule has 8 heteroatoms. The lowest BCUT2D eigenvalue weighted by molar-refractivity contribution is 0.0953. The second-order valence-corrected chi connectivity index (χ2v) is 6.48. The molecule has 0 spiro atoms. The maximum atomic E-state index is 12.4. The number of amides is 2. The third-order valence-corrected chi connectivity index (χ3v) is 4.45. The maximum Gasteiger partial charge on any atom is 0.271 e. The zero-order valence-corrected chi connectivity index (χ0v) is 17.4. The van der Waals surface area contributed by atoms with Gasteiger partial charge in [0.15, 0.2) is 11.5 Å². The number of ether oxygens (including phenoxy) is 2. The van der Waals surface area contributed by atoms with Crippen molar-refractivity contribution in [2.45, 2.75) is 6.92 Å². The molecule has 0 atom stereocenters. The minimum Gasteiger partial charge on any atom is -0.493 e. The number of nitrogens with one attached hydrogen (secondary N) is 2. The zero-order chi connectivity index (χ0) is 22.2. The Labute approximate surface area is 179 Å². The molecule has 3 rings (SSSR count). The molecule has 31 heavy (non-hydrogen) atoms. The smallest absolute Gasteiger partial charge is 0.271 e. The number of carbonyl (C=O) groups is 2. The van der Waals surface area contributed by atoms with Crippen LogP contribution in [0.3, 0.4) is 0 Å². The SMILES string of the molecule is COc1ccc(C(=O)N/N=C(\C)c2cccc(NC(=O)c3ccncc3)c2)cc1OC. The van der Waals surface area contributed by atoms with Gasteiger partial charge in [0, 0.05) is 29.2 Å². The molecule has 0 radical (unpaired) electrons. The van der Waals surface area contributed by atoms with Crippen molar-refractivity contribution >= 4 is 23.2 Å². The van der Waals surface area contributed by atoms with Crippen LogP contribution in [-0.4, -0.2) is 36.7 Å². The van der Waals surface area contributed by atoms with E-state index in [2.05, 4.69) is 20.8 Å². The van der Waals surface area contributed by atoms with Crippen molar-refractivity contribution in [2.24, 2.45) is 5.10 Å². The van der Waals surface area contributed by atoms with Gasteiger partial charge >= 0.3 is 0 Å². The number of anilines is 1. The Morgan fingerprint density at radius 1 is 0.839 bits per heavy atom. The first-order valence-corrected chi connectivity index (χ1v) is 9.40. The van der Waals surface area contributed by atoms with Crippen molar-refractivity contribution in [3.8, 4) is 11.5 Å². The fourth-order valence-corrected chi connectivity index (χ4v) is 2.77. The lowest BCUT2D eigenvalue weighted by Crippen LogP contribution is -2.19. The first-order chi connectivity index (χ1) is 15.0. The van der Waals surface area contributed by atoms with Gasteiger partial charge in [0.2, 0.25) is 0 Å². The Morgan fingerprint density at radius 2 is 1.58 bits per heavy atom. The Bertz CT molecular complexity index is 1110. The van der Waals surface area contributed by atoms with E-state index in [-0.39, 0.29) is 11.8 Å². The molecule has 1 heterocycles. The summed E-state index contributed by atoms with van der Waals surface area (Å²) >= 11 is 0. The van der Waals surface area contributed by atoms with E-state index in [0.717, 1.165) is 5.56 Å². The maximum absolute atomic E-state index is 12.4.